The highest BCUT2D eigenvalue weighted by atomic mass is 19.4. The third kappa shape index (κ3) is 2.45. The van der Waals surface area contributed by atoms with Gasteiger partial charge in [-0.15, -0.1) is 0 Å². The van der Waals surface area contributed by atoms with Crippen LogP contribution >= 0.6 is 0 Å². The van der Waals surface area contributed by atoms with E-state index in [1.807, 2.05) is 0 Å². The van der Waals surface area contributed by atoms with E-state index in [1.54, 1.807) is 24.4 Å². The van der Waals surface area contributed by atoms with Gasteiger partial charge in [-0.3, -0.25) is 4.98 Å². The van der Waals surface area contributed by atoms with E-state index in [1.165, 1.54) is 19.4 Å². The third-order valence-corrected chi connectivity index (χ3v) is 2.50. The Hall–Kier alpha value is -2.04. The molecular weight excluding hydrogens is 243 g/mol. The Morgan fingerprint density at radius 1 is 1.11 bits per heavy atom. The second-order valence-corrected chi connectivity index (χ2v) is 3.65. The van der Waals surface area contributed by atoms with E-state index in [9.17, 15) is 13.2 Å². The molecule has 0 spiro atoms. The van der Waals surface area contributed by atoms with E-state index in [0.717, 1.165) is 6.07 Å². The summed E-state index contributed by atoms with van der Waals surface area (Å²) < 4.78 is 43.2. The first-order valence-corrected chi connectivity index (χ1v) is 5.18. The summed E-state index contributed by atoms with van der Waals surface area (Å²) in [6.45, 7) is 0. The van der Waals surface area contributed by atoms with Crippen molar-refractivity contribution in [3.63, 3.8) is 0 Å². The number of benzene rings is 1. The van der Waals surface area contributed by atoms with Gasteiger partial charge in [-0.1, -0.05) is 12.1 Å². The van der Waals surface area contributed by atoms with Gasteiger partial charge in [0, 0.05) is 18.0 Å². The monoisotopic (exact) mass is 253 g/mol. The zero-order chi connectivity index (χ0) is 13.2. The van der Waals surface area contributed by atoms with Gasteiger partial charge in [0.2, 0.25) is 0 Å². The van der Waals surface area contributed by atoms with Crippen LogP contribution in [0.15, 0.2) is 42.7 Å². The third-order valence-electron chi connectivity index (χ3n) is 2.50. The minimum absolute atomic E-state index is 0.185. The number of pyridine rings is 1. The molecule has 0 radical (unpaired) electrons. The van der Waals surface area contributed by atoms with Gasteiger partial charge in [-0.2, -0.15) is 13.2 Å². The first-order valence-electron chi connectivity index (χ1n) is 5.18. The summed E-state index contributed by atoms with van der Waals surface area (Å²) in [6.07, 6.45) is -1.36. The summed E-state index contributed by atoms with van der Waals surface area (Å²) >= 11 is 0. The largest absolute Gasteiger partial charge is 0.496 e. The van der Waals surface area contributed by atoms with Gasteiger partial charge in [0.15, 0.2) is 0 Å². The fourth-order valence-corrected chi connectivity index (χ4v) is 1.64. The van der Waals surface area contributed by atoms with E-state index < -0.39 is 11.7 Å². The molecule has 18 heavy (non-hydrogen) atoms. The summed E-state index contributed by atoms with van der Waals surface area (Å²) in [5.41, 5.74) is 0.299. The Morgan fingerprint density at radius 3 is 2.44 bits per heavy atom. The van der Waals surface area contributed by atoms with Gasteiger partial charge in [-0.05, 0) is 23.8 Å². The maximum absolute atomic E-state index is 12.8. The Morgan fingerprint density at radius 2 is 1.89 bits per heavy atom. The first-order chi connectivity index (χ1) is 8.52. The van der Waals surface area contributed by atoms with Gasteiger partial charge in [0.25, 0.3) is 0 Å². The molecule has 2 aromatic rings. The van der Waals surface area contributed by atoms with Crippen molar-refractivity contribution in [2.24, 2.45) is 0 Å². The summed E-state index contributed by atoms with van der Waals surface area (Å²) in [7, 11) is 1.22. The number of rotatable bonds is 2. The summed E-state index contributed by atoms with van der Waals surface area (Å²) in [6, 6.07) is 7.33. The van der Waals surface area contributed by atoms with Crippen LogP contribution in [0.25, 0.3) is 11.1 Å². The van der Waals surface area contributed by atoms with Crippen molar-refractivity contribution < 1.29 is 17.9 Å². The maximum atomic E-state index is 12.8. The van der Waals surface area contributed by atoms with Crippen LogP contribution in [0, 0.1) is 0 Å². The smallest absolute Gasteiger partial charge is 0.419 e. The predicted molar refractivity (Wildman–Crippen MR) is 61.2 cm³/mol. The normalized spacial score (nSPS) is 11.3. The van der Waals surface area contributed by atoms with Crippen molar-refractivity contribution in [2.45, 2.75) is 6.18 Å². The highest BCUT2D eigenvalue weighted by Gasteiger charge is 2.34. The van der Waals surface area contributed by atoms with Crippen molar-refractivity contribution in [3.05, 3.63) is 48.3 Å². The summed E-state index contributed by atoms with van der Waals surface area (Å²) in [5.74, 6) is -0.185. The van der Waals surface area contributed by atoms with Crippen LogP contribution in [-0.2, 0) is 6.18 Å². The number of ether oxygens (including phenoxy) is 1. The topological polar surface area (TPSA) is 22.1 Å². The van der Waals surface area contributed by atoms with Crippen molar-refractivity contribution in [1.29, 1.82) is 0 Å². The number of hydrogen-bond acceptors (Lipinski definition) is 2. The Balaban J connectivity index is 2.53. The molecule has 0 aliphatic heterocycles. The molecule has 0 saturated heterocycles. The first kappa shape index (κ1) is 12.4. The summed E-state index contributed by atoms with van der Waals surface area (Å²) in [5, 5.41) is 0. The van der Waals surface area contributed by atoms with E-state index >= 15 is 0 Å². The number of nitrogens with zero attached hydrogens (tertiary/aromatic N) is 1. The molecule has 2 nitrogen and oxygen atoms in total. The molecule has 0 unspecified atom stereocenters. The number of halogens is 3. The van der Waals surface area contributed by atoms with Crippen LogP contribution in [-0.4, -0.2) is 12.1 Å². The highest BCUT2D eigenvalue weighted by molar-refractivity contribution is 5.65. The Labute approximate surface area is 102 Å². The molecule has 5 heteroatoms. The zero-order valence-electron chi connectivity index (χ0n) is 9.53. The molecular formula is C13H10F3NO. The molecule has 0 fully saturated rings. The maximum Gasteiger partial charge on any atom is 0.419 e. The van der Waals surface area contributed by atoms with Crippen molar-refractivity contribution in [1.82, 2.24) is 4.98 Å². The molecule has 0 bridgehead atoms. The van der Waals surface area contributed by atoms with E-state index in [-0.39, 0.29) is 5.75 Å². The minimum atomic E-state index is -4.44. The van der Waals surface area contributed by atoms with Crippen molar-refractivity contribution in [2.75, 3.05) is 7.11 Å². The van der Waals surface area contributed by atoms with Crippen LogP contribution in [0.3, 0.4) is 0 Å². The van der Waals surface area contributed by atoms with Crippen LogP contribution in [0.2, 0.25) is 0 Å². The molecule has 0 aliphatic rings. The van der Waals surface area contributed by atoms with Crippen LogP contribution < -0.4 is 4.74 Å². The molecule has 1 aromatic carbocycles. The lowest BCUT2D eigenvalue weighted by Crippen LogP contribution is -2.07. The van der Waals surface area contributed by atoms with Crippen LogP contribution in [0.5, 0.6) is 5.75 Å². The molecule has 0 N–H and O–H groups in total. The second-order valence-electron chi connectivity index (χ2n) is 3.65. The lowest BCUT2D eigenvalue weighted by Gasteiger charge is -2.13. The second kappa shape index (κ2) is 4.68. The van der Waals surface area contributed by atoms with Crippen LogP contribution in [0.4, 0.5) is 13.2 Å². The lowest BCUT2D eigenvalue weighted by atomic mass is 10.0. The Bertz CT molecular complexity index is 538. The highest BCUT2D eigenvalue weighted by Crippen LogP contribution is 2.38. The number of methoxy groups -OCH3 is 1. The SMILES string of the molecule is COc1ccc(-c2cccnc2)cc1C(F)(F)F. The van der Waals surface area contributed by atoms with Crippen LogP contribution in [0.1, 0.15) is 5.56 Å². The number of aromatic nitrogens is 1. The quantitative estimate of drug-likeness (QED) is 0.812. The number of alkyl halides is 3. The Kier molecular flexibility index (Phi) is 3.23. The van der Waals surface area contributed by atoms with E-state index in [0.29, 0.717) is 11.1 Å². The van der Waals surface area contributed by atoms with Crippen molar-refractivity contribution >= 4 is 0 Å². The fraction of sp³-hybridized carbons (Fsp3) is 0.154. The van der Waals surface area contributed by atoms with Gasteiger partial charge in [0.05, 0.1) is 12.7 Å². The lowest BCUT2D eigenvalue weighted by molar-refractivity contribution is -0.138. The molecule has 0 saturated carbocycles. The fourth-order valence-electron chi connectivity index (χ4n) is 1.64. The van der Waals surface area contributed by atoms with Crippen molar-refractivity contribution in [3.8, 4) is 16.9 Å². The average Bonchev–Trinajstić information content (AvgIpc) is 2.38. The molecule has 0 amide bonds. The van der Waals surface area contributed by atoms with E-state index in [2.05, 4.69) is 4.98 Å². The zero-order valence-corrected chi connectivity index (χ0v) is 9.53. The predicted octanol–water partition coefficient (Wildman–Crippen LogP) is 3.78. The van der Waals surface area contributed by atoms with Gasteiger partial charge in [0.1, 0.15) is 5.75 Å². The van der Waals surface area contributed by atoms with Gasteiger partial charge < -0.3 is 4.74 Å². The summed E-state index contributed by atoms with van der Waals surface area (Å²) in [4.78, 5) is 3.88. The molecule has 2 rings (SSSR count). The number of hydrogen-bond donors (Lipinski definition) is 0. The van der Waals surface area contributed by atoms with Gasteiger partial charge in [-0.25, -0.2) is 0 Å². The molecule has 0 atom stereocenters. The molecule has 1 aromatic heterocycles. The van der Waals surface area contributed by atoms with Gasteiger partial charge >= 0.3 is 6.18 Å². The molecule has 1 heterocycles. The molecule has 0 aliphatic carbocycles. The minimum Gasteiger partial charge on any atom is -0.496 e. The standard InChI is InChI=1S/C13H10F3NO/c1-18-12-5-4-9(7-11(12)13(14,15)16)10-3-2-6-17-8-10/h2-8H,1H3. The average molecular weight is 253 g/mol. The van der Waals surface area contributed by atoms with E-state index in [4.69, 9.17) is 4.74 Å². The molecule has 94 valence electrons.